The minimum atomic E-state index is -0.0202. The summed E-state index contributed by atoms with van der Waals surface area (Å²) in [6.45, 7) is 2.53. The Morgan fingerprint density at radius 1 is 1.05 bits per heavy atom. The third-order valence-corrected chi connectivity index (χ3v) is 3.92. The van der Waals surface area contributed by atoms with Crippen molar-refractivity contribution in [2.24, 2.45) is 7.05 Å². The van der Waals surface area contributed by atoms with Crippen molar-refractivity contribution in [3.63, 3.8) is 0 Å². The number of hydrogen-bond acceptors (Lipinski definition) is 1. The molecule has 0 bridgehead atoms. The predicted octanol–water partition coefficient (Wildman–Crippen LogP) is 3.42. The molecule has 1 N–H and O–H groups in total. The summed E-state index contributed by atoms with van der Waals surface area (Å²) in [4.78, 5) is 12.5. The lowest BCUT2D eigenvalue weighted by atomic mass is 10.1. The van der Waals surface area contributed by atoms with Gasteiger partial charge in [0, 0.05) is 30.2 Å². The number of nitrogens with zero attached hydrogens (tertiary/aromatic N) is 1. The van der Waals surface area contributed by atoms with Gasteiger partial charge < -0.3 is 9.88 Å². The number of fused-ring (bicyclic) bond motifs is 1. The van der Waals surface area contributed by atoms with E-state index >= 15 is 0 Å². The summed E-state index contributed by atoms with van der Waals surface area (Å²) in [6.07, 6.45) is 0. The minimum absolute atomic E-state index is 0.0202. The van der Waals surface area contributed by atoms with E-state index in [-0.39, 0.29) is 5.91 Å². The predicted molar refractivity (Wildman–Crippen MR) is 85.3 cm³/mol. The number of nitrogens with one attached hydrogen (secondary N) is 1. The van der Waals surface area contributed by atoms with Crippen molar-refractivity contribution in [2.45, 2.75) is 13.5 Å². The maximum Gasteiger partial charge on any atom is 0.254 e. The zero-order chi connectivity index (χ0) is 14.8. The number of aryl methyl sites for hydroxylation is 1. The normalized spacial score (nSPS) is 10.8. The molecule has 3 aromatic rings. The highest BCUT2D eigenvalue weighted by atomic mass is 16.1. The molecule has 3 nitrogen and oxygen atoms in total. The fourth-order valence-electron chi connectivity index (χ4n) is 2.67. The van der Waals surface area contributed by atoms with Crippen LogP contribution in [0.25, 0.3) is 10.9 Å². The van der Waals surface area contributed by atoms with E-state index in [1.165, 1.54) is 0 Å². The fraction of sp³-hybridized carbons (Fsp3) is 0.167. The van der Waals surface area contributed by atoms with Gasteiger partial charge in [0.1, 0.15) is 0 Å². The van der Waals surface area contributed by atoms with E-state index in [4.69, 9.17) is 0 Å². The van der Waals surface area contributed by atoms with Crippen LogP contribution in [0.15, 0.2) is 54.6 Å². The maximum absolute atomic E-state index is 12.5. The van der Waals surface area contributed by atoms with Crippen LogP contribution in [0.5, 0.6) is 0 Å². The van der Waals surface area contributed by atoms with Gasteiger partial charge in [-0.3, -0.25) is 4.79 Å². The number of amides is 1. The van der Waals surface area contributed by atoms with Crippen LogP contribution >= 0.6 is 0 Å². The highest BCUT2D eigenvalue weighted by molar-refractivity contribution is 6.08. The molecule has 106 valence electrons. The number of hydrogen-bond donors (Lipinski definition) is 1. The zero-order valence-corrected chi connectivity index (χ0v) is 12.3. The van der Waals surface area contributed by atoms with Gasteiger partial charge in [-0.15, -0.1) is 0 Å². The molecule has 0 unspecified atom stereocenters. The van der Waals surface area contributed by atoms with Crippen molar-refractivity contribution < 1.29 is 4.79 Å². The van der Waals surface area contributed by atoms with E-state index in [1.807, 2.05) is 68.6 Å². The zero-order valence-electron chi connectivity index (χ0n) is 12.3. The Morgan fingerprint density at radius 2 is 1.71 bits per heavy atom. The number of rotatable bonds is 3. The molecule has 3 rings (SSSR count). The molecule has 0 spiro atoms. The van der Waals surface area contributed by atoms with Crippen LogP contribution in [-0.2, 0) is 13.6 Å². The molecule has 0 fully saturated rings. The fourth-order valence-corrected chi connectivity index (χ4v) is 2.67. The van der Waals surface area contributed by atoms with Gasteiger partial charge in [-0.25, -0.2) is 0 Å². The first-order valence-electron chi connectivity index (χ1n) is 7.04. The molecule has 3 heteroatoms. The van der Waals surface area contributed by atoms with E-state index in [9.17, 15) is 4.79 Å². The average molecular weight is 278 g/mol. The third-order valence-electron chi connectivity index (χ3n) is 3.92. The first-order valence-corrected chi connectivity index (χ1v) is 7.04. The van der Waals surface area contributed by atoms with Gasteiger partial charge in [0.05, 0.1) is 5.56 Å². The Morgan fingerprint density at radius 3 is 2.48 bits per heavy atom. The second kappa shape index (κ2) is 5.44. The molecule has 2 aromatic carbocycles. The van der Waals surface area contributed by atoms with E-state index < -0.39 is 0 Å². The minimum Gasteiger partial charge on any atom is -0.348 e. The summed E-state index contributed by atoms with van der Waals surface area (Å²) in [5, 5.41) is 4.01. The van der Waals surface area contributed by atoms with E-state index in [2.05, 4.69) is 9.88 Å². The van der Waals surface area contributed by atoms with E-state index in [1.54, 1.807) is 0 Å². The summed E-state index contributed by atoms with van der Waals surface area (Å²) in [6, 6.07) is 17.9. The molecule has 1 heterocycles. The highest BCUT2D eigenvalue weighted by Crippen LogP contribution is 2.24. The molecule has 0 saturated heterocycles. The van der Waals surface area contributed by atoms with Gasteiger partial charge in [-0.2, -0.15) is 0 Å². The first-order chi connectivity index (χ1) is 10.2. The van der Waals surface area contributed by atoms with Crippen LogP contribution in [0.3, 0.4) is 0 Å². The van der Waals surface area contributed by atoms with Crippen molar-refractivity contribution in [1.29, 1.82) is 0 Å². The molecule has 0 saturated carbocycles. The van der Waals surface area contributed by atoms with Crippen molar-refractivity contribution in [1.82, 2.24) is 9.88 Å². The van der Waals surface area contributed by atoms with Crippen molar-refractivity contribution in [3.8, 4) is 0 Å². The molecule has 1 aromatic heterocycles. The van der Waals surface area contributed by atoms with Crippen molar-refractivity contribution >= 4 is 16.8 Å². The summed E-state index contributed by atoms with van der Waals surface area (Å²) in [5.74, 6) is -0.0202. The summed E-state index contributed by atoms with van der Waals surface area (Å²) in [5.41, 5.74) is 3.94. The highest BCUT2D eigenvalue weighted by Gasteiger charge is 2.17. The van der Waals surface area contributed by atoms with Crippen LogP contribution in [-0.4, -0.2) is 10.5 Å². The maximum atomic E-state index is 12.5. The van der Waals surface area contributed by atoms with Crippen LogP contribution in [0, 0.1) is 6.92 Å². The second-order valence-corrected chi connectivity index (χ2v) is 5.20. The van der Waals surface area contributed by atoms with Gasteiger partial charge in [-0.1, -0.05) is 48.5 Å². The molecular formula is C18H18N2O. The van der Waals surface area contributed by atoms with Crippen LogP contribution < -0.4 is 5.32 Å². The second-order valence-electron chi connectivity index (χ2n) is 5.20. The lowest BCUT2D eigenvalue weighted by Gasteiger charge is -2.06. The lowest BCUT2D eigenvalue weighted by molar-refractivity contribution is 0.0951. The van der Waals surface area contributed by atoms with Crippen molar-refractivity contribution in [2.75, 3.05) is 0 Å². The molecule has 0 aliphatic heterocycles. The molecule has 21 heavy (non-hydrogen) atoms. The number of benzene rings is 2. The summed E-state index contributed by atoms with van der Waals surface area (Å²) >= 11 is 0. The Labute approximate surface area is 124 Å². The quantitative estimate of drug-likeness (QED) is 0.782. The number of aromatic nitrogens is 1. The SMILES string of the molecule is Cc1c(C(=O)NCc2ccccc2)c2ccccc2n1C. The smallest absolute Gasteiger partial charge is 0.254 e. The van der Waals surface area contributed by atoms with Gasteiger partial charge in [0.2, 0.25) is 0 Å². The van der Waals surface area contributed by atoms with Gasteiger partial charge in [-0.05, 0) is 18.6 Å². The largest absolute Gasteiger partial charge is 0.348 e. The standard InChI is InChI=1S/C18H18N2O/c1-13-17(15-10-6-7-11-16(15)20(13)2)18(21)19-12-14-8-4-3-5-9-14/h3-11H,12H2,1-2H3,(H,19,21). The van der Waals surface area contributed by atoms with Crippen LogP contribution in [0.2, 0.25) is 0 Å². The first kappa shape index (κ1) is 13.4. The Kier molecular flexibility index (Phi) is 3.48. The lowest BCUT2D eigenvalue weighted by Crippen LogP contribution is -2.23. The van der Waals surface area contributed by atoms with Gasteiger partial charge >= 0.3 is 0 Å². The van der Waals surface area contributed by atoms with Crippen molar-refractivity contribution in [3.05, 3.63) is 71.4 Å². The Balaban J connectivity index is 1.90. The Hall–Kier alpha value is -2.55. The molecule has 0 aliphatic carbocycles. The van der Waals surface area contributed by atoms with E-state index in [0.29, 0.717) is 6.54 Å². The third kappa shape index (κ3) is 2.42. The van der Waals surface area contributed by atoms with Crippen LogP contribution in [0.4, 0.5) is 0 Å². The monoisotopic (exact) mass is 278 g/mol. The summed E-state index contributed by atoms with van der Waals surface area (Å²) in [7, 11) is 1.99. The number of carbonyl (C=O) groups excluding carboxylic acids is 1. The average Bonchev–Trinajstić information content (AvgIpc) is 2.78. The molecule has 0 radical (unpaired) electrons. The van der Waals surface area contributed by atoms with Gasteiger partial charge in [0.25, 0.3) is 5.91 Å². The van der Waals surface area contributed by atoms with Gasteiger partial charge in [0.15, 0.2) is 0 Å². The molecule has 1 amide bonds. The molecule has 0 aliphatic rings. The Bertz CT molecular complexity index is 788. The summed E-state index contributed by atoms with van der Waals surface area (Å²) < 4.78 is 2.06. The van der Waals surface area contributed by atoms with Crippen LogP contribution in [0.1, 0.15) is 21.6 Å². The topological polar surface area (TPSA) is 34.0 Å². The molecule has 0 atom stereocenters. The van der Waals surface area contributed by atoms with E-state index in [0.717, 1.165) is 27.7 Å². The molecular weight excluding hydrogens is 260 g/mol. The number of carbonyl (C=O) groups is 1. The number of para-hydroxylation sites is 1.